The van der Waals surface area contributed by atoms with Crippen molar-refractivity contribution in [1.82, 2.24) is 9.88 Å². The third kappa shape index (κ3) is 4.71. The summed E-state index contributed by atoms with van der Waals surface area (Å²) >= 11 is 0. The number of nitrogens with one attached hydrogen (secondary N) is 1. The van der Waals surface area contributed by atoms with Gasteiger partial charge in [0.05, 0.1) is 19.9 Å². The third-order valence-electron chi connectivity index (χ3n) is 6.99. The number of hydrogen-bond acceptors (Lipinski definition) is 6. The van der Waals surface area contributed by atoms with Gasteiger partial charge in [0.15, 0.2) is 18.1 Å². The Morgan fingerprint density at radius 1 is 1.00 bits per heavy atom. The molecule has 36 heavy (non-hydrogen) atoms. The molecule has 2 amide bonds. The second kappa shape index (κ2) is 10.3. The molecule has 0 radical (unpaired) electrons. The monoisotopic (exact) mass is 487 g/mol. The second-order valence-corrected chi connectivity index (χ2v) is 9.05. The van der Waals surface area contributed by atoms with Crippen LogP contribution in [-0.2, 0) is 4.79 Å². The second-order valence-electron chi connectivity index (χ2n) is 9.05. The van der Waals surface area contributed by atoms with Crippen LogP contribution in [0.2, 0.25) is 0 Å². The number of aromatic nitrogens is 1. The van der Waals surface area contributed by atoms with Gasteiger partial charge in [0.1, 0.15) is 5.75 Å². The number of nitrogens with zero attached hydrogens (tertiary/aromatic N) is 2. The highest BCUT2D eigenvalue weighted by molar-refractivity contribution is 5.99. The molecule has 186 valence electrons. The number of methoxy groups -OCH3 is 2. The van der Waals surface area contributed by atoms with Gasteiger partial charge >= 0.3 is 0 Å². The maximum absolute atomic E-state index is 13.3. The first-order valence-corrected chi connectivity index (χ1v) is 12.0. The summed E-state index contributed by atoms with van der Waals surface area (Å²) in [5.41, 5.74) is 3.42. The fraction of sp³-hybridized carbons (Fsp3) is 0.321. The number of rotatable bonds is 6. The molecule has 8 nitrogen and oxygen atoms in total. The molecule has 0 aliphatic carbocycles. The lowest BCUT2D eigenvalue weighted by Crippen LogP contribution is -2.40. The number of benzene rings is 2. The van der Waals surface area contributed by atoms with Crippen LogP contribution in [-0.4, -0.2) is 55.6 Å². The predicted molar refractivity (Wildman–Crippen MR) is 135 cm³/mol. The van der Waals surface area contributed by atoms with Crippen LogP contribution < -0.4 is 19.5 Å². The van der Waals surface area contributed by atoms with E-state index in [0.717, 1.165) is 18.4 Å². The van der Waals surface area contributed by atoms with Crippen LogP contribution in [0.1, 0.15) is 40.2 Å². The molecule has 2 aliphatic heterocycles. The first kappa shape index (κ1) is 23.7. The molecule has 0 saturated carbocycles. The number of ether oxygens (including phenoxy) is 3. The first-order chi connectivity index (χ1) is 17.6. The highest BCUT2D eigenvalue weighted by Crippen LogP contribution is 2.41. The van der Waals surface area contributed by atoms with E-state index in [9.17, 15) is 9.59 Å². The minimum atomic E-state index is -0.217. The average Bonchev–Trinajstić information content (AvgIpc) is 2.93. The molecule has 2 aliphatic rings. The van der Waals surface area contributed by atoms with Gasteiger partial charge in [0.25, 0.3) is 11.8 Å². The van der Waals surface area contributed by atoms with Crippen molar-refractivity contribution in [1.29, 1.82) is 0 Å². The quantitative estimate of drug-likeness (QED) is 0.563. The Hall–Kier alpha value is -4.07. The smallest absolute Gasteiger partial charge is 0.262 e. The van der Waals surface area contributed by atoms with Crippen LogP contribution in [0.4, 0.5) is 5.69 Å². The summed E-state index contributed by atoms with van der Waals surface area (Å²) in [6, 6.07) is 15.4. The van der Waals surface area contributed by atoms with E-state index >= 15 is 0 Å². The summed E-state index contributed by atoms with van der Waals surface area (Å²) in [5.74, 6) is 2.20. The fourth-order valence-corrected chi connectivity index (χ4v) is 5.19. The Morgan fingerprint density at radius 2 is 1.75 bits per heavy atom. The van der Waals surface area contributed by atoms with Gasteiger partial charge in [0.2, 0.25) is 0 Å². The van der Waals surface area contributed by atoms with Crippen molar-refractivity contribution in [2.75, 3.05) is 39.2 Å². The van der Waals surface area contributed by atoms with Crippen LogP contribution >= 0.6 is 0 Å². The van der Waals surface area contributed by atoms with E-state index in [2.05, 4.69) is 28.5 Å². The van der Waals surface area contributed by atoms with Crippen molar-refractivity contribution in [3.63, 3.8) is 0 Å². The highest BCUT2D eigenvalue weighted by Gasteiger charge is 2.32. The number of likely N-dealkylation sites (tertiary alicyclic amines) is 1. The Bertz CT molecular complexity index is 1260. The predicted octanol–water partition coefficient (Wildman–Crippen LogP) is 4.11. The molecule has 5 rings (SSSR count). The van der Waals surface area contributed by atoms with Gasteiger partial charge in [-0.15, -0.1) is 0 Å². The molecule has 0 bridgehead atoms. The Kier molecular flexibility index (Phi) is 6.75. The summed E-state index contributed by atoms with van der Waals surface area (Å²) in [7, 11) is 3.28. The van der Waals surface area contributed by atoms with Gasteiger partial charge in [0, 0.05) is 37.0 Å². The lowest BCUT2D eigenvalue weighted by molar-refractivity contribution is -0.118. The minimum absolute atomic E-state index is 0.00742. The number of pyridine rings is 1. The van der Waals surface area contributed by atoms with Gasteiger partial charge in [-0.25, -0.2) is 0 Å². The molecule has 1 unspecified atom stereocenters. The van der Waals surface area contributed by atoms with Gasteiger partial charge in [-0.2, -0.15) is 0 Å². The molecule has 0 spiro atoms. The topological polar surface area (TPSA) is 90.0 Å². The van der Waals surface area contributed by atoms with Crippen LogP contribution in [0, 0.1) is 5.92 Å². The number of hydrogen-bond donors (Lipinski definition) is 1. The maximum atomic E-state index is 13.3. The zero-order valence-electron chi connectivity index (χ0n) is 20.4. The Labute approximate surface area is 210 Å². The molecule has 1 fully saturated rings. The normalized spacial score (nSPS) is 16.4. The van der Waals surface area contributed by atoms with E-state index in [0.29, 0.717) is 47.5 Å². The fourth-order valence-electron chi connectivity index (χ4n) is 5.19. The van der Waals surface area contributed by atoms with E-state index < -0.39 is 0 Å². The summed E-state index contributed by atoms with van der Waals surface area (Å²) in [6.45, 7) is 1.29. The zero-order valence-corrected chi connectivity index (χ0v) is 20.4. The number of amides is 2. The van der Waals surface area contributed by atoms with Crippen LogP contribution in [0.15, 0.2) is 60.9 Å². The summed E-state index contributed by atoms with van der Waals surface area (Å²) < 4.78 is 16.4. The van der Waals surface area contributed by atoms with Crippen molar-refractivity contribution in [3.05, 3.63) is 77.6 Å². The number of carbonyl (C=O) groups excluding carboxylic acids is 2. The van der Waals surface area contributed by atoms with E-state index in [4.69, 9.17) is 14.2 Å². The zero-order chi connectivity index (χ0) is 25.1. The molecule has 3 aromatic rings. The van der Waals surface area contributed by atoms with Crippen molar-refractivity contribution in [3.8, 4) is 17.2 Å². The van der Waals surface area contributed by atoms with Crippen molar-refractivity contribution >= 4 is 17.5 Å². The maximum Gasteiger partial charge on any atom is 0.262 e. The van der Waals surface area contributed by atoms with Gasteiger partial charge in [-0.3, -0.25) is 14.6 Å². The molecule has 1 N–H and O–H groups in total. The molecule has 3 heterocycles. The molecule has 1 saturated heterocycles. The summed E-state index contributed by atoms with van der Waals surface area (Å²) in [4.78, 5) is 31.0. The molecule has 1 atom stereocenters. The lowest BCUT2D eigenvalue weighted by atomic mass is 9.76. The molecule has 1 aromatic heterocycles. The number of piperidine rings is 1. The summed E-state index contributed by atoms with van der Waals surface area (Å²) in [6.07, 6.45) is 5.36. The minimum Gasteiger partial charge on any atom is -0.493 e. The van der Waals surface area contributed by atoms with E-state index in [1.165, 1.54) is 5.56 Å². The van der Waals surface area contributed by atoms with Crippen molar-refractivity contribution in [2.45, 2.75) is 18.8 Å². The van der Waals surface area contributed by atoms with Crippen LogP contribution in [0.25, 0.3) is 0 Å². The molecular formula is C28H29N3O5. The lowest BCUT2D eigenvalue weighted by Gasteiger charge is -2.37. The Balaban J connectivity index is 1.35. The SMILES string of the molecule is COc1ccc(C(c2ccncc2)C2CCN(C(=O)c3ccc4c(c3)NC(=O)CO4)CC2)cc1OC. The number of carbonyl (C=O) groups is 2. The largest absolute Gasteiger partial charge is 0.493 e. The highest BCUT2D eigenvalue weighted by atomic mass is 16.5. The van der Waals surface area contributed by atoms with Crippen LogP contribution in [0.3, 0.4) is 0 Å². The number of anilines is 1. The van der Waals surface area contributed by atoms with Crippen molar-refractivity contribution < 1.29 is 23.8 Å². The van der Waals surface area contributed by atoms with Crippen molar-refractivity contribution in [2.24, 2.45) is 5.92 Å². The Morgan fingerprint density at radius 3 is 2.47 bits per heavy atom. The third-order valence-corrected chi connectivity index (χ3v) is 6.99. The number of fused-ring (bicyclic) bond motifs is 1. The van der Waals surface area contributed by atoms with E-state index in [1.54, 1.807) is 32.4 Å². The molecular weight excluding hydrogens is 458 g/mol. The van der Waals surface area contributed by atoms with Gasteiger partial charge in [-0.05, 0) is 72.4 Å². The first-order valence-electron chi connectivity index (χ1n) is 12.0. The van der Waals surface area contributed by atoms with E-state index in [1.807, 2.05) is 29.4 Å². The van der Waals surface area contributed by atoms with Crippen LogP contribution in [0.5, 0.6) is 17.2 Å². The molecule has 8 heteroatoms. The standard InChI is InChI=1S/C28H29N3O5/c1-34-24-6-3-20(16-25(24)35-2)27(18-7-11-29-12-8-18)19-9-13-31(14-10-19)28(33)21-4-5-23-22(15-21)30-26(32)17-36-23/h3-8,11-12,15-16,19,27H,9-10,13-14,17H2,1-2H3,(H,30,32). The van der Waals surface area contributed by atoms with Gasteiger partial charge in [-0.1, -0.05) is 6.07 Å². The van der Waals surface area contributed by atoms with Gasteiger partial charge < -0.3 is 24.4 Å². The molecule has 2 aromatic carbocycles. The average molecular weight is 488 g/mol. The summed E-state index contributed by atoms with van der Waals surface area (Å²) in [5, 5.41) is 2.77. The van der Waals surface area contributed by atoms with E-state index in [-0.39, 0.29) is 24.3 Å².